The number of carbonyl (C=O) groups is 1. The van der Waals surface area contributed by atoms with Crippen molar-refractivity contribution in [1.29, 1.82) is 0 Å². The van der Waals surface area contributed by atoms with Crippen LogP contribution in [0.2, 0.25) is 0 Å². The maximum Gasteiger partial charge on any atom is 0.416 e. The lowest BCUT2D eigenvalue weighted by molar-refractivity contribution is -0.138. The van der Waals surface area contributed by atoms with Gasteiger partial charge in [0.2, 0.25) is 0 Å². The van der Waals surface area contributed by atoms with Crippen molar-refractivity contribution in [3.05, 3.63) is 107 Å². The molecule has 0 radical (unpaired) electrons. The summed E-state index contributed by atoms with van der Waals surface area (Å²) in [4.78, 5) is 14.3. The highest BCUT2D eigenvalue weighted by molar-refractivity contribution is 6.11. The first-order valence-electron chi connectivity index (χ1n) is 9.86. The summed E-state index contributed by atoms with van der Waals surface area (Å²) in [6, 6.07) is 12.4. The normalized spacial score (nSPS) is 16.6. The first-order valence-corrected chi connectivity index (χ1v) is 9.86. The van der Waals surface area contributed by atoms with Gasteiger partial charge in [0.1, 0.15) is 11.5 Å². The molecule has 34 heavy (non-hydrogen) atoms. The predicted octanol–water partition coefficient (Wildman–Crippen LogP) is 6.95. The second-order valence-electron chi connectivity index (χ2n) is 7.50. The van der Waals surface area contributed by atoms with Crippen LogP contribution in [0.5, 0.6) is 0 Å². The Morgan fingerprint density at radius 1 is 0.765 bits per heavy atom. The molecule has 0 unspecified atom stereocenters. The van der Waals surface area contributed by atoms with E-state index in [-0.39, 0.29) is 17.1 Å². The number of rotatable bonds is 4. The maximum atomic E-state index is 13.4. The summed E-state index contributed by atoms with van der Waals surface area (Å²) in [5.41, 5.74) is -1.76. The van der Waals surface area contributed by atoms with Crippen LogP contribution in [0.3, 0.4) is 0 Å². The molecule has 1 N–H and O–H groups in total. The van der Waals surface area contributed by atoms with Crippen LogP contribution in [0, 0.1) is 5.82 Å². The van der Waals surface area contributed by atoms with Crippen molar-refractivity contribution in [2.45, 2.75) is 18.4 Å². The summed E-state index contributed by atoms with van der Waals surface area (Å²) in [7, 11) is 0. The van der Waals surface area contributed by atoms with Crippen LogP contribution in [-0.2, 0) is 17.1 Å². The quantitative estimate of drug-likeness (QED) is 0.410. The van der Waals surface area contributed by atoms with Gasteiger partial charge in [-0.05, 0) is 60.2 Å². The average Bonchev–Trinajstić information content (AvgIpc) is 3.09. The van der Waals surface area contributed by atoms with Gasteiger partial charge in [0.15, 0.2) is 0 Å². The van der Waals surface area contributed by atoms with Gasteiger partial charge in [-0.1, -0.05) is 24.3 Å². The lowest BCUT2D eigenvalue weighted by atomic mass is 10.1. The Morgan fingerprint density at radius 2 is 1.35 bits per heavy atom. The number of anilines is 2. The highest BCUT2D eigenvalue weighted by atomic mass is 19.4. The standard InChI is InChI=1S/C24H15F7N2O/c25-17-9-7-14(8-10-17)21-13-20(32-18-5-1-3-15(11-18)23(26,27)28)22(34)33(21)19-6-2-4-16(12-19)24(29,30)31/h1-13,21,32H/t21-/m0/s1. The van der Waals surface area contributed by atoms with Crippen LogP contribution >= 0.6 is 0 Å². The number of amides is 1. The number of nitrogens with one attached hydrogen (secondary N) is 1. The number of alkyl halides is 6. The summed E-state index contributed by atoms with van der Waals surface area (Å²) >= 11 is 0. The van der Waals surface area contributed by atoms with Crippen molar-refractivity contribution >= 4 is 17.3 Å². The minimum absolute atomic E-state index is 0.0295. The van der Waals surface area contributed by atoms with Gasteiger partial charge in [0.05, 0.1) is 17.2 Å². The van der Waals surface area contributed by atoms with E-state index in [1.54, 1.807) is 0 Å². The number of benzene rings is 3. The molecule has 1 heterocycles. The monoisotopic (exact) mass is 480 g/mol. The van der Waals surface area contributed by atoms with Gasteiger partial charge < -0.3 is 5.32 Å². The molecule has 10 heteroatoms. The highest BCUT2D eigenvalue weighted by Crippen LogP contribution is 2.39. The molecule has 0 aliphatic carbocycles. The Morgan fingerprint density at radius 3 is 1.97 bits per heavy atom. The zero-order valence-electron chi connectivity index (χ0n) is 17.1. The molecular formula is C24H15F7N2O. The van der Waals surface area contributed by atoms with E-state index in [4.69, 9.17) is 0 Å². The fourth-order valence-corrected chi connectivity index (χ4v) is 3.60. The molecule has 1 aliphatic heterocycles. The van der Waals surface area contributed by atoms with E-state index in [2.05, 4.69) is 5.32 Å². The number of hydrogen-bond donors (Lipinski definition) is 1. The average molecular weight is 480 g/mol. The zero-order chi connectivity index (χ0) is 24.7. The van der Waals surface area contributed by atoms with Gasteiger partial charge >= 0.3 is 12.4 Å². The van der Waals surface area contributed by atoms with Gasteiger partial charge in [-0.3, -0.25) is 9.69 Å². The first kappa shape index (κ1) is 23.3. The van der Waals surface area contributed by atoms with Crippen LogP contribution in [0.1, 0.15) is 22.7 Å². The Bertz CT molecular complexity index is 1250. The minimum atomic E-state index is -4.66. The van der Waals surface area contributed by atoms with E-state index < -0.39 is 41.2 Å². The molecule has 0 bridgehead atoms. The molecule has 1 atom stereocenters. The second kappa shape index (κ2) is 8.51. The van der Waals surface area contributed by atoms with Crippen LogP contribution in [0.4, 0.5) is 42.1 Å². The van der Waals surface area contributed by atoms with E-state index >= 15 is 0 Å². The number of carbonyl (C=O) groups excluding carboxylic acids is 1. The number of nitrogens with zero attached hydrogens (tertiary/aromatic N) is 1. The Labute approximate surface area is 189 Å². The fraction of sp³-hybridized carbons (Fsp3) is 0.125. The zero-order valence-corrected chi connectivity index (χ0v) is 17.1. The Kier molecular flexibility index (Phi) is 5.84. The third-order valence-corrected chi connectivity index (χ3v) is 5.18. The fourth-order valence-electron chi connectivity index (χ4n) is 3.60. The third kappa shape index (κ3) is 4.75. The molecule has 3 aromatic carbocycles. The number of halogens is 7. The first-order chi connectivity index (χ1) is 15.9. The summed E-state index contributed by atoms with van der Waals surface area (Å²) in [6.45, 7) is 0. The van der Waals surface area contributed by atoms with Crippen molar-refractivity contribution in [2.24, 2.45) is 0 Å². The Hall–Kier alpha value is -3.82. The topological polar surface area (TPSA) is 32.3 Å². The van der Waals surface area contributed by atoms with Crippen LogP contribution in [-0.4, -0.2) is 5.91 Å². The third-order valence-electron chi connectivity index (χ3n) is 5.18. The molecule has 0 fully saturated rings. The lowest BCUT2D eigenvalue weighted by Gasteiger charge is -2.26. The highest BCUT2D eigenvalue weighted by Gasteiger charge is 2.37. The summed E-state index contributed by atoms with van der Waals surface area (Å²) < 4.78 is 92.3. The van der Waals surface area contributed by atoms with Gasteiger partial charge in [-0.2, -0.15) is 26.3 Å². The SMILES string of the molecule is O=C1C(Nc2cccc(C(F)(F)F)c2)=C[C@@H](c2ccc(F)cc2)N1c1cccc(C(F)(F)F)c1. The molecule has 4 rings (SSSR count). The van der Waals surface area contributed by atoms with Crippen LogP contribution in [0.15, 0.2) is 84.6 Å². The van der Waals surface area contributed by atoms with E-state index in [0.29, 0.717) is 5.56 Å². The van der Waals surface area contributed by atoms with Crippen LogP contribution in [0.25, 0.3) is 0 Å². The molecule has 176 valence electrons. The van der Waals surface area contributed by atoms with Crippen molar-refractivity contribution in [3.8, 4) is 0 Å². The van der Waals surface area contributed by atoms with Gasteiger partial charge in [-0.15, -0.1) is 0 Å². The molecule has 3 aromatic rings. The molecule has 0 saturated heterocycles. The van der Waals surface area contributed by atoms with Crippen LogP contribution < -0.4 is 10.2 Å². The van der Waals surface area contributed by atoms with E-state index in [1.165, 1.54) is 30.3 Å². The molecule has 1 amide bonds. The minimum Gasteiger partial charge on any atom is -0.351 e. The van der Waals surface area contributed by atoms with Gasteiger partial charge in [0, 0.05) is 11.4 Å². The van der Waals surface area contributed by atoms with E-state index in [0.717, 1.165) is 53.4 Å². The van der Waals surface area contributed by atoms with Gasteiger partial charge in [0.25, 0.3) is 5.91 Å². The molecule has 0 saturated carbocycles. The van der Waals surface area contributed by atoms with Crippen molar-refractivity contribution in [2.75, 3.05) is 10.2 Å². The van der Waals surface area contributed by atoms with Crippen molar-refractivity contribution in [1.82, 2.24) is 0 Å². The maximum absolute atomic E-state index is 13.4. The lowest BCUT2D eigenvalue weighted by Crippen LogP contribution is -2.31. The van der Waals surface area contributed by atoms with E-state index in [1.807, 2.05) is 0 Å². The largest absolute Gasteiger partial charge is 0.416 e. The van der Waals surface area contributed by atoms with Gasteiger partial charge in [-0.25, -0.2) is 4.39 Å². The van der Waals surface area contributed by atoms with Crippen molar-refractivity contribution in [3.63, 3.8) is 0 Å². The number of hydrogen-bond acceptors (Lipinski definition) is 2. The summed E-state index contributed by atoms with van der Waals surface area (Å²) in [5.74, 6) is -1.31. The molecule has 3 nitrogen and oxygen atoms in total. The summed E-state index contributed by atoms with van der Waals surface area (Å²) in [6.07, 6.45) is -7.89. The smallest absolute Gasteiger partial charge is 0.351 e. The van der Waals surface area contributed by atoms with Crippen molar-refractivity contribution < 1.29 is 35.5 Å². The molecule has 1 aliphatic rings. The molecule has 0 spiro atoms. The molecule has 0 aromatic heterocycles. The Balaban J connectivity index is 1.74. The predicted molar refractivity (Wildman–Crippen MR) is 111 cm³/mol. The van der Waals surface area contributed by atoms with E-state index in [9.17, 15) is 35.5 Å². The molecular weight excluding hydrogens is 465 g/mol. The second-order valence-corrected chi connectivity index (χ2v) is 7.50. The summed E-state index contributed by atoms with van der Waals surface area (Å²) in [5, 5.41) is 2.63.